The zero-order valence-corrected chi connectivity index (χ0v) is 14.9. The Kier molecular flexibility index (Phi) is 5.24. The van der Waals surface area contributed by atoms with Gasteiger partial charge in [0.2, 0.25) is 0 Å². The van der Waals surface area contributed by atoms with Crippen LogP contribution >= 0.6 is 0 Å². The van der Waals surface area contributed by atoms with Gasteiger partial charge >= 0.3 is 0 Å². The SMILES string of the molecule is c1c(N2CCCCC2)cc([NH+]2CCCCC2)cc1N1CCOCC1. The van der Waals surface area contributed by atoms with Gasteiger partial charge in [-0.2, -0.15) is 0 Å². The summed E-state index contributed by atoms with van der Waals surface area (Å²) in [5.74, 6) is 0. The van der Waals surface area contributed by atoms with Crippen LogP contribution in [0, 0.1) is 0 Å². The second kappa shape index (κ2) is 7.75. The fourth-order valence-electron chi connectivity index (χ4n) is 4.41. The second-order valence-electron chi connectivity index (χ2n) is 7.55. The van der Waals surface area contributed by atoms with Crippen LogP contribution in [0.5, 0.6) is 0 Å². The van der Waals surface area contributed by atoms with Crippen LogP contribution in [0.1, 0.15) is 38.5 Å². The van der Waals surface area contributed by atoms with Crippen LogP contribution in [0.2, 0.25) is 0 Å². The van der Waals surface area contributed by atoms with Crippen molar-refractivity contribution in [2.45, 2.75) is 38.5 Å². The first-order chi connectivity index (χ1) is 11.9. The topological polar surface area (TPSA) is 20.2 Å². The van der Waals surface area contributed by atoms with Gasteiger partial charge in [0.25, 0.3) is 0 Å². The van der Waals surface area contributed by atoms with E-state index in [0.29, 0.717) is 0 Å². The maximum Gasteiger partial charge on any atom is 0.135 e. The van der Waals surface area contributed by atoms with Crippen LogP contribution in [-0.2, 0) is 4.74 Å². The lowest BCUT2D eigenvalue weighted by atomic mass is 10.1. The Morgan fingerprint density at radius 3 is 1.92 bits per heavy atom. The fourth-order valence-corrected chi connectivity index (χ4v) is 4.41. The van der Waals surface area contributed by atoms with Crippen molar-refractivity contribution in [1.29, 1.82) is 0 Å². The van der Waals surface area contributed by atoms with Crippen LogP contribution in [0.25, 0.3) is 0 Å². The highest BCUT2D eigenvalue weighted by atomic mass is 16.5. The lowest BCUT2D eigenvalue weighted by Crippen LogP contribution is -3.08. The molecule has 0 unspecified atom stereocenters. The second-order valence-corrected chi connectivity index (χ2v) is 7.55. The van der Waals surface area contributed by atoms with Gasteiger partial charge in [-0.05, 0) is 44.6 Å². The summed E-state index contributed by atoms with van der Waals surface area (Å²) in [5.41, 5.74) is 4.38. The number of benzene rings is 1. The van der Waals surface area contributed by atoms with E-state index in [1.807, 2.05) is 0 Å². The number of rotatable bonds is 3. The quantitative estimate of drug-likeness (QED) is 0.918. The molecule has 0 radical (unpaired) electrons. The molecule has 1 aromatic carbocycles. The molecule has 0 aromatic heterocycles. The summed E-state index contributed by atoms with van der Waals surface area (Å²) in [6.07, 6.45) is 8.23. The van der Waals surface area contributed by atoms with E-state index >= 15 is 0 Å². The molecule has 132 valence electrons. The molecule has 0 saturated carbocycles. The predicted octanol–water partition coefficient (Wildman–Crippen LogP) is 2.21. The van der Waals surface area contributed by atoms with Gasteiger partial charge in [0.1, 0.15) is 5.69 Å². The van der Waals surface area contributed by atoms with Gasteiger partial charge in [-0.25, -0.2) is 0 Å². The van der Waals surface area contributed by atoms with Gasteiger partial charge in [0.05, 0.1) is 26.3 Å². The zero-order valence-electron chi connectivity index (χ0n) is 14.9. The number of ether oxygens (including phenoxy) is 1. The Morgan fingerprint density at radius 2 is 1.25 bits per heavy atom. The Bertz CT molecular complexity index is 441. The summed E-state index contributed by atoms with van der Waals surface area (Å²) < 4.78 is 5.56. The minimum absolute atomic E-state index is 0.861. The zero-order chi connectivity index (χ0) is 16.2. The summed E-state index contributed by atoms with van der Waals surface area (Å²) >= 11 is 0. The van der Waals surface area contributed by atoms with Crippen molar-refractivity contribution in [3.63, 3.8) is 0 Å². The summed E-state index contributed by atoms with van der Waals surface area (Å²) in [6, 6.07) is 7.37. The number of piperidine rings is 2. The van der Waals surface area contributed by atoms with Gasteiger partial charge in [-0.1, -0.05) is 0 Å². The van der Waals surface area contributed by atoms with Crippen molar-refractivity contribution in [3.05, 3.63) is 18.2 Å². The first-order valence-corrected chi connectivity index (χ1v) is 9.98. The molecule has 0 aliphatic carbocycles. The third-order valence-corrected chi connectivity index (χ3v) is 5.87. The van der Waals surface area contributed by atoms with Gasteiger partial charge in [-0.3, -0.25) is 0 Å². The lowest BCUT2D eigenvalue weighted by Gasteiger charge is -2.34. The van der Waals surface area contributed by atoms with Crippen molar-refractivity contribution < 1.29 is 9.64 Å². The third-order valence-electron chi connectivity index (χ3n) is 5.87. The number of anilines is 2. The maximum absolute atomic E-state index is 5.56. The molecule has 3 fully saturated rings. The fraction of sp³-hybridized carbons (Fsp3) is 0.700. The number of morpholine rings is 1. The number of quaternary nitrogens is 1. The van der Waals surface area contributed by atoms with Crippen molar-refractivity contribution in [2.75, 3.05) is 62.3 Å². The summed E-state index contributed by atoms with van der Waals surface area (Å²) in [4.78, 5) is 6.82. The molecular weight excluding hydrogens is 298 g/mol. The highest BCUT2D eigenvalue weighted by Crippen LogP contribution is 2.29. The van der Waals surface area contributed by atoms with Crippen molar-refractivity contribution in [3.8, 4) is 0 Å². The van der Waals surface area contributed by atoms with Crippen LogP contribution in [0.4, 0.5) is 17.1 Å². The third kappa shape index (κ3) is 3.70. The highest BCUT2D eigenvalue weighted by Gasteiger charge is 2.22. The number of hydrogen-bond donors (Lipinski definition) is 1. The molecule has 4 nitrogen and oxygen atoms in total. The van der Waals surface area contributed by atoms with Crippen LogP contribution < -0.4 is 14.7 Å². The molecule has 0 atom stereocenters. The average Bonchev–Trinajstić information content (AvgIpc) is 2.70. The van der Waals surface area contributed by atoms with Gasteiger partial charge < -0.3 is 19.4 Å². The van der Waals surface area contributed by atoms with E-state index in [1.54, 1.807) is 4.90 Å². The summed E-state index contributed by atoms with van der Waals surface area (Å²) in [6.45, 7) is 8.82. The van der Waals surface area contributed by atoms with Crippen molar-refractivity contribution in [2.24, 2.45) is 0 Å². The van der Waals surface area contributed by atoms with Crippen LogP contribution in [-0.4, -0.2) is 52.5 Å². The highest BCUT2D eigenvalue weighted by molar-refractivity contribution is 5.65. The smallest absolute Gasteiger partial charge is 0.135 e. The maximum atomic E-state index is 5.56. The lowest BCUT2D eigenvalue weighted by molar-refractivity contribution is -0.838. The molecule has 24 heavy (non-hydrogen) atoms. The van der Waals surface area contributed by atoms with E-state index < -0.39 is 0 Å². The summed E-state index contributed by atoms with van der Waals surface area (Å²) in [5, 5.41) is 0. The van der Waals surface area contributed by atoms with E-state index in [4.69, 9.17) is 4.74 Å². The van der Waals surface area contributed by atoms with E-state index in [-0.39, 0.29) is 0 Å². The Morgan fingerprint density at radius 1 is 0.667 bits per heavy atom. The molecule has 3 aliphatic rings. The predicted molar refractivity (Wildman–Crippen MR) is 99.7 cm³/mol. The standard InChI is InChI=1S/C20H31N3O/c1-3-7-21(8-4-1)18-15-19(22-9-5-2-6-10-22)17-20(16-18)23-11-13-24-14-12-23/h15-17H,1-14H2/p+1. The monoisotopic (exact) mass is 330 g/mol. The summed E-state index contributed by atoms with van der Waals surface area (Å²) in [7, 11) is 0. The normalized spacial score (nSPS) is 23.5. The van der Waals surface area contributed by atoms with E-state index in [1.165, 1.54) is 81.8 Å². The molecule has 4 rings (SSSR count). The molecule has 0 bridgehead atoms. The van der Waals surface area contributed by atoms with Gasteiger partial charge in [0, 0.05) is 49.7 Å². The first-order valence-electron chi connectivity index (χ1n) is 9.98. The molecule has 3 heterocycles. The Hall–Kier alpha value is -1.26. The molecule has 1 N–H and O–H groups in total. The number of nitrogens with one attached hydrogen (secondary N) is 1. The Balaban J connectivity index is 1.63. The van der Waals surface area contributed by atoms with E-state index in [0.717, 1.165) is 26.3 Å². The van der Waals surface area contributed by atoms with Gasteiger partial charge in [0.15, 0.2) is 0 Å². The van der Waals surface area contributed by atoms with Crippen LogP contribution in [0.15, 0.2) is 18.2 Å². The number of hydrogen-bond acceptors (Lipinski definition) is 3. The Labute approximate surface area is 146 Å². The first kappa shape index (κ1) is 16.2. The number of nitrogens with zero attached hydrogens (tertiary/aromatic N) is 2. The van der Waals surface area contributed by atoms with E-state index in [2.05, 4.69) is 28.0 Å². The molecule has 0 amide bonds. The van der Waals surface area contributed by atoms with Crippen LogP contribution in [0.3, 0.4) is 0 Å². The largest absolute Gasteiger partial charge is 0.378 e. The molecular formula is C20H32N3O+. The molecule has 0 spiro atoms. The molecule has 3 saturated heterocycles. The van der Waals surface area contributed by atoms with E-state index in [9.17, 15) is 0 Å². The minimum atomic E-state index is 0.861. The van der Waals surface area contributed by atoms with Crippen molar-refractivity contribution in [1.82, 2.24) is 0 Å². The molecule has 3 aliphatic heterocycles. The van der Waals surface area contributed by atoms with Crippen molar-refractivity contribution >= 4 is 17.1 Å². The van der Waals surface area contributed by atoms with Gasteiger partial charge in [-0.15, -0.1) is 0 Å². The average molecular weight is 330 g/mol. The minimum Gasteiger partial charge on any atom is -0.378 e. The molecule has 4 heteroatoms. The molecule has 1 aromatic rings.